The summed E-state index contributed by atoms with van der Waals surface area (Å²) in [6, 6.07) is 81.2. The van der Waals surface area contributed by atoms with Gasteiger partial charge in [-0.15, -0.1) is 0 Å². The van der Waals surface area contributed by atoms with Crippen LogP contribution in [-0.4, -0.2) is 4.40 Å². The first kappa shape index (κ1) is 33.6. The van der Waals surface area contributed by atoms with Crippen LogP contribution in [0.1, 0.15) is 0 Å². The van der Waals surface area contributed by atoms with E-state index >= 15 is 0 Å². The molecule has 0 fully saturated rings. The maximum absolute atomic E-state index is 2.38. The van der Waals surface area contributed by atoms with E-state index in [1.165, 1.54) is 82.5 Å². The molecule has 0 aliphatic carbocycles. The third-order valence-electron chi connectivity index (χ3n) is 11.6. The Morgan fingerprint density at radius 3 is 1.31 bits per heavy atom. The Morgan fingerprint density at radius 1 is 0.293 bits per heavy atom. The number of hydrogen-bond donors (Lipinski definition) is 0. The summed E-state index contributed by atoms with van der Waals surface area (Å²) in [6.45, 7) is 0. The van der Waals surface area contributed by atoms with Crippen molar-refractivity contribution in [1.82, 2.24) is 4.40 Å². The molecule has 0 bridgehead atoms. The van der Waals surface area contributed by atoms with Crippen LogP contribution >= 0.6 is 0 Å². The molecule has 2 nitrogen and oxygen atoms in total. The summed E-state index contributed by atoms with van der Waals surface area (Å²) < 4.78 is 2.38. The van der Waals surface area contributed by atoms with Crippen molar-refractivity contribution < 1.29 is 0 Å². The SMILES string of the molecule is c1ccc(-c2ccc(N(c3ccc(-c4ccccc4)cc3)c3ccc(-c4cccc5c4c4ccccc4c4c5c(-c5ccccc5)c5ccccn54)cc3)cc2)cc1. The quantitative estimate of drug-likeness (QED) is 0.148. The zero-order valence-corrected chi connectivity index (χ0v) is 31.8. The molecule has 2 heteroatoms. The largest absolute Gasteiger partial charge is 0.315 e. The Labute approximate surface area is 338 Å². The van der Waals surface area contributed by atoms with Crippen molar-refractivity contribution in [3.63, 3.8) is 0 Å². The molecule has 0 atom stereocenters. The monoisotopic (exact) mass is 738 g/mol. The molecular formula is C56H38N2. The molecule has 0 saturated carbocycles. The van der Waals surface area contributed by atoms with E-state index in [0.717, 1.165) is 17.1 Å². The summed E-state index contributed by atoms with van der Waals surface area (Å²) in [4.78, 5) is 2.36. The van der Waals surface area contributed by atoms with Gasteiger partial charge in [-0.25, -0.2) is 0 Å². The lowest BCUT2D eigenvalue weighted by Crippen LogP contribution is -2.09. The average Bonchev–Trinajstić information content (AvgIpc) is 3.66. The standard InChI is InChI=1S/C56H38N2/c1-4-15-39(16-5-1)41-26-32-45(33-27-41)58(46-34-28-42(29-35-46)40-17-6-2-7-18-40)47-36-30-43(31-37-47)48-23-14-24-51-54(48)49-21-10-11-22-50(49)56-55(51)53(44-19-8-3-9-20-44)52-25-12-13-38-57(52)56/h1-38H. The summed E-state index contributed by atoms with van der Waals surface area (Å²) in [5.41, 5.74) is 15.5. The third kappa shape index (κ3) is 5.66. The highest BCUT2D eigenvalue weighted by Crippen LogP contribution is 2.47. The Bertz CT molecular complexity index is 3140. The molecule has 11 rings (SSSR count). The maximum atomic E-state index is 2.38. The first-order chi connectivity index (χ1) is 28.8. The van der Waals surface area contributed by atoms with Crippen molar-refractivity contribution in [3.8, 4) is 44.5 Å². The van der Waals surface area contributed by atoms with E-state index in [-0.39, 0.29) is 0 Å². The van der Waals surface area contributed by atoms with Gasteiger partial charge in [-0.05, 0) is 104 Å². The fraction of sp³-hybridized carbons (Fsp3) is 0. The van der Waals surface area contributed by atoms with Crippen molar-refractivity contribution in [2.75, 3.05) is 4.90 Å². The number of nitrogens with zero attached hydrogens (tertiary/aromatic N) is 2. The Kier molecular flexibility index (Phi) is 8.19. The molecule has 0 radical (unpaired) electrons. The van der Waals surface area contributed by atoms with E-state index in [1.807, 2.05) is 0 Å². The van der Waals surface area contributed by atoms with E-state index in [0.29, 0.717) is 0 Å². The molecule has 0 N–H and O–H groups in total. The highest BCUT2D eigenvalue weighted by molar-refractivity contribution is 6.32. The van der Waals surface area contributed by atoms with E-state index < -0.39 is 0 Å². The van der Waals surface area contributed by atoms with Crippen molar-refractivity contribution in [1.29, 1.82) is 0 Å². The normalized spacial score (nSPS) is 11.4. The molecule has 0 amide bonds. The smallest absolute Gasteiger partial charge is 0.0620 e. The van der Waals surface area contributed by atoms with Crippen LogP contribution in [0.3, 0.4) is 0 Å². The molecule has 0 aliphatic rings. The molecule has 0 saturated heterocycles. The number of pyridine rings is 1. The van der Waals surface area contributed by atoms with E-state index in [1.54, 1.807) is 0 Å². The van der Waals surface area contributed by atoms with Gasteiger partial charge in [0.25, 0.3) is 0 Å². The van der Waals surface area contributed by atoms with Gasteiger partial charge in [-0.2, -0.15) is 0 Å². The van der Waals surface area contributed by atoms with Crippen LogP contribution in [0.15, 0.2) is 231 Å². The minimum Gasteiger partial charge on any atom is -0.315 e. The first-order valence-corrected chi connectivity index (χ1v) is 19.9. The Balaban J connectivity index is 1.07. The van der Waals surface area contributed by atoms with Crippen LogP contribution in [0, 0.1) is 0 Å². The number of benzene rings is 9. The van der Waals surface area contributed by atoms with Crippen LogP contribution < -0.4 is 4.90 Å². The molecule has 0 spiro atoms. The van der Waals surface area contributed by atoms with Gasteiger partial charge in [0.1, 0.15) is 0 Å². The number of hydrogen-bond acceptors (Lipinski definition) is 1. The van der Waals surface area contributed by atoms with Gasteiger partial charge in [0.15, 0.2) is 0 Å². The molecule has 2 aromatic heterocycles. The van der Waals surface area contributed by atoms with Crippen molar-refractivity contribution in [2.24, 2.45) is 0 Å². The van der Waals surface area contributed by atoms with Crippen molar-refractivity contribution >= 4 is 55.0 Å². The van der Waals surface area contributed by atoms with Gasteiger partial charge in [-0.3, -0.25) is 0 Å². The van der Waals surface area contributed by atoms with Crippen LogP contribution in [0.4, 0.5) is 17.1 Å². The van der Waals surface area contributed by atoms with Crippen molar-refractivity contribution in [2.45, 2.75) is 0 Å². The van der Waals surface area contributed by atoms with Crippen LogP contribution in [0.2, 0.25) is 0 Å². The summed E-state index contributed by atoms with van der Waals surface area (Å²) in [6.07, 6.45) is 2.21. The van der Waals surface area contributed by atoms with Crippen LogP contribution in [0.25, 0.3) is 82.5 Å². The summed E-state index contributed by atoms with van der Waals surface area (Å²) >= 11 is 0. The second-order valence-electron chi connectivity index (χ2n) is 14.9. The van der Waals surface area contributed by atoms with Gasteiger partial charge in [0.05, 0.1) is 11.0 Å². The highest BCUT2D eigenvalue weighted by atomic mass is 15.1. The lowest BCUT2D eigenvalue weighted by molar-refractivity contribution is 1.26. The second kappa shape index (κ2) is 14.1. The van der Waals surface area contributed by atoms with Gasteiger partial charge >= 0.3 is 0 Å². The Morgan fingerprint density at radius 2 is 0.741 bits per heavy atom. The van der Waals surface area contributed by atoms with Crippen molar-refractivity contribution in [3.05, 3.63) is 231 Å². The zero-order valence-electron chi connectivity index (χ0n) is 31.8. The molecule has 58 heavy (non-hydrogen) atoms. The van der Waals surface area contributed by atoms with Gasteiger partial charge in [0, 0.05) is 39.6 Å². The molecule has 2 heterocycles. The summed E-state index contributed by atoms with van der Waals surface area (Å²) in [7, 11) is 0. The lowest BCUT2D eigenvalue weighted by atomic mass is 9.89. The van der Waals surface area contributed by atoms with Gasteiger partial charge in [-0.1, -0.05) is 176 Å². The maximum Gasteiger partial charge on any atom is 0.0620 e. The lowest BCUT2D eigenvalue weighted by Gasteiger charge is -2.26. The van der Waals surface area contributed by atoms with E-state index in [9.17, 15) is 0 Å². The molecule has 0 unspecified atom stereocenters. The molecular weight excluding hydrogens is 701 g/mol. The number of anilines is 3. The average molecular weight is 739 g/mol. The zero-order chi connectivity index (χ0) is 38.4. The van der Waals surface area contributed by atoms with Crippen LogP contribution in [-0.2, 0) is 0 Å². The van der Waals surface area contributed by atoms with E-state index in [2.05, 4.69) is 240 Å². The topological polar surface area (TPSA) is 7.65 Å². The van der Waals surface area contributed by atoms with Gasteiger partial charge in [0.2, 0.25) is 0 Å². The van der Waals surface area contributed by atoms with Crippen LogP contribution in [0.5, 0.6) is 0 Å². The minimum absolute atomic E-state index is 1.10. The minimum atomic E-state index is 1.10. The predicted octanol–water partition coefficient (Wildman–Crippen LogP) is 15.5. The molecule has 9 aromatic carbocycles. The fourth-order valence-electron chi connectivity index (χ4n) is 8.94. The summed E-state index contributed by atoms with van der Waals surface area (Å²) in [5.74, 6) is 0. The first-order valence-electron chi connectivity index (χ1n) is 19.9. The molecule has 0 aliphatic heterocycles. The van der Waals surface area contributed by atoms with E-state index in [4.69, 9.17) is 0 Å². The number of fused-ring (bicyclic) bond motifs is 8. The predicted molar refractivity (Wildman–Crippen MR) is 246 cm³/mol. The molecule has 11 aromatic rings. The summed E-state index contributed by atoms with van der Waals surface area (Å²) in [5, 5.41) is 6.33. The van der Waals surface area contributed by atoms with Gasteiger partial charge < -0.3 is 9.30 Å². The third-order valence-corrected chi connectivity index (χ3v) is 11.6. The fourth-order valence-corrected chi connectivity index (χ4v) is 8.94. The number of aromatic nitrogens is 1. The highest BCUT2D eigenvalue weighted by Gasteiger charge is 2.21. The Hall–Kier alpha value is -7.68. The molecule has 272 valence electrons. The second-order valence-corrected chi connectivity index (χ2v) is 14.9. The number of rotatable bonds is 7.